The van der Waals surface area contributed by atoms with Gasteiger partial charge in [-0.15, -0.1) is 0 Å². The molecule has 1 aromatic heterocycles. The molecular formula is C22H30N6O5S. The zero-order chi connectivity index (χ0) is 25.1. The largest absolute Gasteiger partial charge is 0.444 e. The number of thioether (sulfide) groups is 1. The summed E-state index contributed by atoms with van der Waals surface area (Å²) in [6.07, 6.45) is 3.11. The molecule has 1 heterocycles. The summed E-state index contributed by atoms with van der Waals surface area (Å²) in [7, 11) is 0. The van der Waals surface area contributed by atoms with Crippen molar-refractivity contribution in [2.75, 3.05) is 11.1 Å². The highest BCUT2D eigenvalue weighted by Gasteiger charge is 2.26. The van der Waals surface area contributed by atoms with E-state index in [1.54, 1.807) is 33.0 Å². The van der Waals surface area contributed by atoms with Crippen LogP contribution in [0.4, 0.5) is 15.3 Å². The van der Waals surface area contributed by atoms with Gasteiger partial charge in [-0.05, 0) is 38.8 Å². The number of hydrazine groups is 1. The zero-order valence-electron chi connectivity index (χ0n) is 19.6. The van der Waals surface area contributed by atoms with Gasteiger partial charge >= 0.3 is 6.09 Å². The molecule has 4 amide bonds. The topological polar surface area (TPSA) is 154 Å². The smallest absolute Gasteiger partial charge is 0.408 e. The minimum absolute atomic E-state index is 0.0420. The Bertz CT molecular complexity index is 990. The third-order valence-corrected chi connectivity index (χ3v) is 5.03. The SMILES string of the molecule is CCc1ccccc1NC(=O)CSC(=O)NNC(=O)[C@H](Cc1ncc[nH]1)NC(=O)OC(C)(C)C. The number of benzene rings is 1. The van der Waals surface area contributed by atoms with E-state index < -0.39 is 28.9 Å². The Kier molecular flexibility index (Phi) is 9.92. The number of alkyl carbamates (subject to hydrolysis) is 1. The Balaban J connectivity index is 1.85. The molecule has 12 heteroatoms. The Morgan fingerprint density at radius 3 is 2.53 bits per heavy atom. The molecule has 11 nitrogen and oxygen atoms in total. The van der Waals surface area contributed by atoms with Crippen LogP contribution in [0.5, 0.6) is 0 Å². The molecule has 1 atom stereocenters. The summed E-state index contributed by atoms with van der Waals surface area (Å²) >= 11 is 0.691. The Morgan fingerprint density at radius 2 is 1.88 bits per heavy atom. The van der Waals surface area contributed by atoms with E-state index in [2.05, 4.69) is 31.5 Å². The van der Waals surface area contributed by atoms with Crippen LogP contribution in [0.1, 0.15) is 39.1 Å². The number of hydrogen-bond donors (Lipinski definition) is 5. The van der Waals surface area contributed by atoms with Gasteiger partial charge in [0.05, 0.1) is 5.75 Å². The normalized spacial score (nSPS) is 11.8. The number of para-hydroxylation sites is 1. The highest BCUT2D eigenvalue weighted by atomic mass is 32.2. The van der Waals surface area contributed by atoms with Crippen molar-refractivity contribution in [2.45, 2.75) is 52.2 Å². The lowest BCUT2D eigenvalue weighted by atomic mass is 10.1. The molecule has 0 unspecified atom stereocenters. The second-order valence-electron chi connectivity index (χ2n) is 8.19. The highest BCUT2D eigenvalue weighted by molar-refractivity contribution is 8.14. The summed E-state index contributed by atoms with van der Waals surface area (Å²) in [4.78, 5) is 55.9. The number of carbonyl (C=O) groups is 4. The standard InChI is InChI=1S/C22H30N6O5S/c1-5-14-8-6-7-9-15(14)25-18(29)13-34-21(32)28-27-19(30)16(12-17-23-10-11-24-17)26-20(31)33-22(2,3)4/h6-11,16H,5,12-13H2,1-4H3,(H,23,24)(H,25,29)(H,26,31)(H,27,30)(H,28,32)/t16-/m0/s1. The Morgan fingerprint density at radius 1 is 1.15 bits per heavy atom. The van der Waals surface area contributed by atoms with Crippen molar-refractivity contribution in [1.82, 2.24) is 26.1 Å². The third kappa shape index (κ3) is 9.53. The van der Waals surface area contributed by atoms with Gasteiger partial charge in [-0.25, -0.2) is 9.78 Å². The maximum atomic E-state index is 12.6. The lowest BCUT2D eigenvalue weighted by Gasteiger charge is -2.23. The number of ether oxygens (including phenoxy) is 1. The van der Waals surface area contributed by atoms with Crippen molar-refractivity contribution < 1.29 is 23.9 Å². The average Bonchev–Trinajstić information content (AvgIpc) is 3.28. The van der Waals surface area contributed by atoms with Crippen molar-refractivity contribution in [2.24, 2.45) is 0 Å². The summed E-state index contributed by atoms with van der Waals surface area (Å²) in [5, 5.41) is 4.60. The van der Waals surface area contributed by atoms with E-state index in [9.17, 15) is 19.2 Å². The summed E-state index contributed by atoms with van der Waals surface area (Å²) in [6, 6.07) is 6.33. The predicted molar refractivity (Wildman–Crippen MR) is 129 cm³/mol. The van der Waals surface area contributed by atoms with Crippen LogP contribution in [-0.2, 0) is 27.2 Å². The molecule has 0 radical (unpaired) electrons. The van der Waals surface area contributed by atoms with Crippen LogP contribution < -0.4 is 21.5 Å². The van der Waals surface area contributed by atoms with Gasteiger partial charge in [0.1, 0.15) is 17.5 Å². The number of hydrogen-bond acceptors (Lipinski definition) is 7. The van der Waals surface area contributed by atoms with Crippen LogP contribution in [0.25, 0.3) is 0 Å². The number of anilines is 1. The first kappa shape index (κ1) is 26.7. The van der Waals surface area contributed by atoms with Crippen molar-refractivity contribution in [3.05, 3.63) is 48.0 Å². The van der Waals surface area contributed by atoms with Crippen molar-refractivity contribution in [3.63, 3.8) is 0 Å². The highest BCUT2D eigenvalue weighted by Crippen LogP contribution is 2.16. The monoisotopic (exact) mass is 490 g/mol. The number of rotatable bonds is 8. The van der Waals surface area contributed by atoms with Crippen molar-refractivity contribution in [1.29, 1.82) is 0 Å². The molecule has 184 valence electrons. The van der Waals surface area contributed by atoms with E-state index in [-0.39, 0.29) is 18.1 Å². The summed E-state index contributed by atoms with van der Waals surface area (Å²) in [5.41, 5.74) is 5.41. The van der Waals surface area contributed by atoms with E-state index >= 15 is 0 Å². The minimum atomic E-state index is -1.07. The Hall–Kier alpha value is -3.54. The number of amides is 4. The molecule has 0 aliphatic rings. The quantitative estimate of drug-likeness (QED) is 0.356. The summed E-state index contributed by atoms with van der Waals surface area (Å²) in [6.45, 7) is 7.07. The number of aryl methyl sites for hydroxylation is 1. The van der Waals surface area contributed by atoms with Gasteiger partial charge < -0.3 is 20.4 Å². The number of imidazole rings is 1. The first-order valence-corrected chi connectivity index (χ1v) is 11.6. The Labute approximate surface area is 202 Å². The maximum Gasteiger partial charge on any atom is 0.408 e. The molecule has 0 saturated carbocycles. The average molecular weight is 491 g/mol. The van der Waals surface area contributed by atoms with Crippen LogP contribution in [-0.4, -0.2) is 50.5 Å². The number of aromatic nitrogens is 2. The van der Waals surface area contributed by atoms with E-state index in [0.717, 1.165) is 12.0 Å². The molecule has 2 aromatic rings. The molecule has 5 N–H and O–H groups in total. The summed E-state index contributed by atoms with van der Waals surface area (Å²) < 4.78 is 5.20. The molecule has 0 fully saturated rings. The van der Waals surface area contributed by atoms with Gasteiger partial charge in [0, 0.05) is 24.5 Å². The van der Waals surface area contributed by atoms with Gasteiger partial charge in [0.2, 0.25) is 5.91 Å². The van der Waals surface area contributed by atoms with Crippen LogP contribution in [0.15, 0.2) is 36.7 Å². The number of aromatic amines is 1. The van der Waals surface area contributed by atoms with Crippen LogP contribution >= 0.6 is 11.8 Å². The van der Waals surface area contributed by atoms with Gasteiger partial charge in [-0.3, -0.25) is 25.2 Å². The van der Waals surface area contributed by atoms with Crippen molar-refractivity contribution in [3.8, 4) is 0 Å². The molecule has 1 aromatic carbocycles. The fourth-order valence-corrected chi connectivity index (χ4v) is 3.22. The molecule has 2 rings (SSSR count). The second-order valence-corrected chi connectivity index (χ2v) is 9.14. The fourth-order valence-electron chi connectivity index (χ4n) is 2.77. The van der Waals surface area contributed by atoms with E-state index in [0.29, 0.717) is 23.3 Å². The minimum Gasteiger partial charge on any atom is -0.444 e. The first-order valence-electron chi connectivity index (χ1n) is 10.7. The number of carbonyl (C=O) groups excluding carboxylic acids is 4. The van der Waals surface area contributed by atoms with E-state index in [4.69, 9.17) is 4.74 Å². The summed E-state index contributed by atoms with van der Waals surface area (Å²) in [5.74, 6) is -0.723. The van der Waals surface area contributed by atoms with Crippen molar-refractivity contribution >= 4 is 40.6 Å². The number of H-pyrrole nitrogens is 1. The van der Waals surface area contributed by atoms with Gasteiger partial charge in [0.25, 0.3) is 11.1 Å². The van der Waals surface area contributed by atoms with Crippen LogP contribution in [0.2, 0.25) is 0 Å². The molecule has 34 heavy (non-hydrogen) atoms. The first-order chi connectivity index (χ1) is 16.1. The van der Waals surface area contributed by atoms with E-state index in [1.165, 1.54) is 6.20 Å². The molecular weight excluding hydrogens is 460 g/mol. The molecule has 0 aliphatic carbocycles. The van der Waals surface area contributed by atoms with Gasteiger partial charge in [0.15, 0.2) is 0 Å². The predicted octanol–water partition coefficient (Wildman–Crippen LogP) is 2.52. The van der Waals surface area contributed by atoms with Crippen LogP contribution in [0, 0.1) is 0 Å². The third-order valence-electron chi connectivity index (χ3n) is 4.25. The van der Waals surface area contributed by atoms with E-state index in [1.807, 2.05) is 25.1 Å². The molecule has 0 aliphatic heterocycles. The second kappa shape index (κ2) is 12.6. The van der Waals surface area contributed by atoms with Gasteiger partial charge in [-0.2, -0.15) is 0 Å². The molecule has 0 spiro atoms. The molecule has 0 saturated heterocycles. The number of nitrogens with one attached hydrogen (secondary N) is 5. The fraction of sp³-hybridized carbons (Fsp3) is 0.409. The lowest BCUT2D eigenvalue weighted by Crippen LogP contribution is -2.53. The number of nitrogens with zero attached hydrogens (tertiary/aromatic N) is 1. The maximum absolute atomic E-state index is 12.6. The lowest BCUT2D eigenvalue weighted by molar-refractivity contribution is -0.123. The van der Waals surface area contributed by atoms with Gasteiger partial charge in [-0.1, -0.05) is 36.9 Å². The molecule has 0 bridgehead atoms. The van der Waals surface area contributed by atoms with Crippen LogP contribution in [0.3, 0.4) is 0 Å². The zero-order valence-corrected chi connectivity index (χ0v) is 20.4.